The fraction of sp³-hybridized carbons (Fsp3) is 0.263. The Bertz CT molecular complexity index is 870. The maximum absolute atomic E-state index is 14.0. The smallest absolute Gasteiger partial charge is 0.228 e. The lowest BCUT2D eigenvalue weighted by Gasteiger charge is -2.23. The molecule has 2 amide bonds. The van der Waals surface area contributed by atoms with Gasteiger partial charge in [-0.25, -0.2) is 13.2 Å². The number of nitrogens with zero attached hydrogens (tertiary/aromatic N) is 2. The molecule has 0 spiro atoms. The molecule has 0 aliphatic carbocycles. The van der Waals surface area contributed by atoms with Crippen molar-refractivity contribution in [2.45, 2.75) is 19.8 Å². The third-order valence-electron chi connectivity index (χ3n) is 4.42. The predicted molar refractivity (Wildman–Crippen MR) is 91.5 cm³/mol. The van der Waals surface area contributed by atoms with Gasteiger partial charge in [0.2, 0.25) is 11.8 Å². The number of hydrogen-bond donors (Lipinski definition) is 0. The molecular weight excluding hydrogens is 345 g/mol. The standard InChI is InChI=1S/C19H17F3N2O2/c1-12(25)23(16-7-6-14(20)18(21)19(16)22)11-9-17(26)24-10-8-13-4-2-3-5-15(13)24/h2-7H,8-11H2,1H3. The van der Waals surface area contributed by atoms with Crippen molar-refractivity contribution in [1.82, 2.24) is 0 Å². The van der Waals surface area contributed by atoms with Gasteiger partial charge in [-0.05, 0) is 30.2 Å². The summed E-state index contributed by atoms with van der Waals surface area (Å²) in [5, 5.41) is 0. The Morgan fingerprint density at radius 1 is 1.08 bits per heavy atom. The fourth-order valence-corrected chi connectivity index (χ4v) is 3.11. The molecule has 0 saturated carbocycles. The minimum absolute atomic E-state index is 0.0631. The van der Waals surface area contributed by atoms with E-state index in [1.54, 1.807) is 4.90 Å². The maximum Gasteiger partial charge on any atom is 0.228 e. The summed E-state index contributed by atoms with van der Waals surface area (Å²) in [7, 11) is 0. The van der Waals surface area contributed by atoms with Gasteiger partial charge in [0.25, 0.3) is 0 Å². The van der Waals surface area contributed by atoms with Gasteiger partial charge in [-0.1, -0.05) is 18.2 Å². The first-order valence-electron chi connectivity index (χ1n) is 8.20. The zero-order chi connectivity index (χ0) is 18.8. The van der Waals surface area contributed by atoms with Gasteiger partial charge in [-0.15, -0.1) is 0 Å². The summed E-state index contributed by atoms with van der Waals surface area (Å²) in [6, 6.07) is 9.27. The lowest BCUT2D eigenvalue weighted by Crippen LogP contribution is -2.36. The quantitative estimate of drug-likeness (QED) is 0.782. The third-order valence-corrected chi connectivity index (χ3v) is 4.42. The molecule has 0 N–H and O–H groups in total. The molecule has 2 aromatic carbocycles. The lowest BCUT2D eigenvalue weighted by molar-refractivity contribution is -0.118. The number of halogens is 3. The molecule has 26 heavy (non-hydrogen) atoms. The molecule has 0 atom stereocenters. The number of rotatable bonds is 4. The van der Waals surface area contributed by atoms with E-state index in [-0.39, 0.29) is 24.6 Å². The normalized spacial score (nSPS) is 12.8. The second kappa shape index (κ2) is 7.19. The number of carbonyl (C=O) groups is 2. The number of hydrogen-bond acceptors (Lipinski definition) is 2. The average Bonchev–Trinajstić information content (AvgIpc) is 3.05. The summed E-state index contributed by atoms with van der Waals surface area (Å²) < 4.78 is 40.6. The largest absolute Gasteiger partial charge is 0.312 e. The highest BCUT2D eigenvalue weighted by Gasteiger charge is 2.26. The highest BCUT2D eigenvalue weighted by Crippen LogP contribution is 2.28. The first-order chi connectivity index (χ1) is 12.4. The molecule has 1 aliphatic heterocycles. The number of benzene rings is 2. The molecule has 0 bridgehead atoms. The van der Waals surface area contributed by atoms with Crippen molar-refractivity contribution in [2.75, 3.05) is 22.9 Å². The Hall–Kier alpha value is -2.83. The molecule has 2 aromatic rings. The van der Waals surface area contributed by atoms with Crippen LogP contribution in [-0.4, -0.2) is 24.9 Å². The SMILES string of the molecule is CC(=O)N(CCC(=O)N1CCc2ccccc21)c1ccc(F)c(F)c1F. The molecule has 0 aromatic heterocycles. The zero-order valence-corrected chi connectivity index (χ0v) is 14.1. The van der Waals surface area contributed by atoms with Crippen LogP contribution in [0.1, 0.15) is 18.9 Å². The minimum atomic E-state index is -1.64. The van der Waals surface area contributed by atoms with Gasteiger partial charge < -0.3 is 9.80 Å². The van der Waals surface area contributed by atoms with Gasteiger partial charge in [-0.3, -0.25) is 9.59 Å². The average molecular weight is 362 g/mol. The molecule has 4 nitrogen and oxygen atoms in total. The summed E-state index contributed by atoms with van der Waals surface area (Å²) in [4.78, 5) is 26.9. The molecular formula is C19H17F3N2O2. The lowest BCUT2D eigenvalue weighted by atomic mass is 10.2. The van der Waals surface area contributed by atoms with Crippen LogP contribution in [0.15, 0.2) is 36.4 Å². The molecule has 0 radical (unpaired) electrons. The van der Waals surface area contributed by atoms with Crippen LogP contribution >= 0.6 is 0 Å². The minimum Gasteiger partial charge on any atom is -0.312 e. The number of amides is 2. The highest BCUT2D eigenvalue weighted by atomic mass is 19.2. The van der Waals surface area contributed by atoms with Crippen molar-refractivity contribution in [2.24, 2.45) is 0 Å². The van der Waals surface area contributed by atoms with Crippen molar-refractivity contribution in [3.8, 4) is 0 Å². The summed E-state index contributed by atoms with van der Waals surface area (Å²) >= 11 is 0. The van der Waals surface area contributed by atoms with Crippen LogP contribution in [0.3, 0.4) is 0 Å². The van der Waals surface area contributed by atoms with Crippen molar-refractivity contribution < 1.29 is 22.8 Å². The van der Waals surface area contributed by atoms with Gasteiger partial charge in [0.15, 0.2) is 17.5 Å². The van der Waals surface area contributed by atoms with E-state index in [0.29, 0.717) is 6.54 Å². The van der Waals surface area contributed by atoms with E-state index in [2.05, 4.69) is 0 Å². The summed E-state index contributed by atoms with van der Waals surface area (Å²) in [6.07, 6.45) is 0.683. The van der Waals surface area contributed by atoms with E-state index in [9.17, 15) is 22.8 Å². The Labute approximate surface area is 148 Å². The van der Waals surface area contributed by atoms with Crippen LogP contribution in [0.5, 0.6) is 0 Å². The first-order valence-corrected chi connectivity index (χ1v) is 8.20. The number of para-hydroxylation sites is 1. The van der Waals surface area contributed by atoms with E-state index in [4.69, 9.17) is 0 Å². The third kappa shape index (κ3) is 3.29. The molecule has 1 aliphatic rings. The fourth-order valence-electron chi connectivity index (χ4n) is 3.11. The molecule has 7 heteroatoms. The maximum atomic E-state index is 14.0. The molecule has 0 fully saturated rings. The van der Waals surface area contributed by atoms with Crippen molar-refractivity contribution in [3.05, 3.63) is 59.4 Å². The van der Waals surface area contributed by atoms with E-state index >= 15 is 0 Å². The van der Waals surface area contributed by atoms with Crippen LogP contribution < -0.4 is 9.80 Å². The van der Waals surface area contributed by atoms with Crippen LogP contribution in [0.2, 0.25) is 0 Å². The molecule has 136 valence electrons. The van der Waals surface area contributed by atoms with E-state index in [1.165, 1.54) is 6.92 Å². The Morgan fingerprint density at radius 2 is 1.81 bits per heavy atom. The highest BCUT2D eigenvalue weighted by molar-refractivity contribution is 5.97. The van der Waals surface area contributed by atoms with Gasteiger partial charge in [0.05, 0.1) is 5.69 Å². The number of fused-ring (bicyclic) bond motifs is 1. The van der Waals surface area contributed by atoms with Crippen molar-refractivity contribution >= 4 is 23.2 Å². The predicted octanol–water partition coefficient (Wildman–Crippen LogP) is 3.44. The Morgan fingerprint density at radius 3 is 2.54 bits per heavy atom. The summed E-state index contributed by atoms with van der Waals surface area (Å²) in [5.41, 5.74) is 1.51. The molecule has 0 saturated heterocycles. The van der Waals surface area contributed by atoms with Crippen LogP contribution in [-0.2, 0) is 16.0 Å². The second-order valence-corrected chi connectivity index (χ2v) is 6.04. The van der Waals surface area contributed by atoms with Gasteiger partial charge in [-0.2, -0.15) is 0 Å². The Kier molecular flexibility index (Phi) is 4.97. The first kappa shape index (κ1) is 18.0. The second-order valence-electron chi connectivity index (χ2n) is 6.04. The van der Waals surface area contributed by atoms with Crippen molar-refractivity contribution in [3.63, 3.8) is 0 Å². The van der Waals surface area contributed by atoms with Crippen LogP contribution in [0, 0.1) is 17.5 Å². The van der Waals surface area contributed by atoms with E-state index < -0.39 is 23.4 Å². The Balaban J connectivity index is 1.75. The van der Waals surface area contributed by atoms with E-state index in [1.807, 2.05) is 24.3 Å². The monoisotopic (exact) mass is 362 g/mol. The van der Waals surface area contributed by atoms with Crippen molar-refractivity contribution in [1.29, 1.82) is 0 Å². The number of carbonyl (C=O) groups excluding carboxylic acids is 2. The zero-order valence-electron chi connectivity index (χ0n) is 14.1. The van der Waals surface area contributed by atoms with Crippen LogP contribution in [0.25, 0.3) is 0 Å². The molecule has 0 unspecified atom stereocenters. The summed E-state index contributed by atoms with van der Waals surface area (Å²) in [6.45, 7) is 1.59. The topological polar surface area (TPSA) is 40.6 Å². The molecule has 3 rings (SSSR count). The van der Waals surface area contributed by atoms with Crippen LogP contribution in [0.4, 0.5) is 24.5 Å². The number of anilines is 2. The summed E-state index contributed by atoms with van der Waals surface area (Å²) in [5.74, 6) is -5.21. The van der Waals surface area contributed by atoms with Gasteiger partial charge >= 0.3 is 0 Å². The van der Waals surface area contributed by atoms with Gasteiger partial charge in [0.1, 0.15) is 0 Å². The van der Waals surface area contributed by atoms with E-state index in [0.717, 1.165) is 34.7 Å². The van der Waals surface area contributed by atoms with Gasteiger partial charge in [0, 0.05) is 32.1 Å². The molecule has 1 heterocycles.